The van der Waals surface area contributed by atoms with Crippen LogP contribution >= 0.6 is 0 Å². The van der Waals surface area contributed by atoms with Crippen LogP contribution in [-0.4, -0.2) is 40.3 Å². The molecule has 1 aromatic heterocycles. The fourth-order valence-electron chi connectivity index (χ4n) is 3.69. The molecule has 4 rings (SSSR count). The van der Waals surface area contributed by atoms with Crippen molar-refractivity contribution in [3.63, 3.8) is 0 Å². The lowest BCUT2D eigenvalue weighted by Crippen LogP contribution is -2.36. The third-order valence-corrected chi connectivity index (χ3v) is 5.29. The topological polar surface area (TPSA) is 68.5 Å². The molecule has 3 aromatic rings. The van der Waals surface area contributed by atoms with Gasteiger partial charge in [-0.05, 0) is 37.0 Å². The lowest BCUT2D eigenvalue weighted by Gasteiger charge is -2.25. The van der Waals surface area contributed by atoms with Gasteiger partial charge in [-0.15, -0.1) is 10.2 Å². The minimum absolute atomic E-state index is 0.136. The van der Waals surface area contributed by atoms with Crippen LogP contribution in [-0.2, 0) is 22.5 Å². The van der Waals surface area contributed by atoms with Crippen LogP contribution in [0.25, 0.3) is 11.5 Å². The average molecular weight is 405 g/mol. The second-order valence-corrected chi connectivity index (χ2v) is 7.62. The molecule has 0 unspecified atom stereocenters. The number of ether oxygens (including phenoxy) is 1. The summed E-state index contributed by atoms with van der Waals surface area (Å²) in [7, 11) is 0. The van der Waals surface area contributed by atoms with Crippen LogP contribution in [0.15, 0.2) is 65.1 Å². The minimum Gasteiger partial charge on any atom is -0.421 e. The van der Waals surface area contributed by atoms with Crippen LogP contribution in [0.5, 0.6) is 0 Å². The smallest absolute Gasteiger partial charge is 0.247 e. The first kappa shape index (κ1) is 20.3. The van der Waals surface area contributed by atoms with Crippen molar-refractivity contribution in [2.24, 2.45) is 0 Å². The Bertz CT molecular complexity index is 921. The van der Waals surface area contributed by atoms with Gasteiger partial charge in [-0.2, -0.15) is 0 Å². The van der Waals surface area contributed by atoms with Gasteiger partial charge in [0.1, 0.15) is 0 Å². The van der Waals surface area contributed by atoms with Gasteiger partial charge in [0.15, 0.2) is 0 Å². The largest absolute Gasteiger partial charge is 0.421 e. The van der Waals surface area contributed by atoms with Crippen LogP contribution in [0.3, 0.4) is 0 Å². The number of carbonyl (C=O) groups is 1. The molecule has 0 N–H and O–H groups in total. The third-order valence-electron chi connectivity index (χ3n) is 5.29. The van der Waals surface area contributed by atoms with Crippen molar-refractivity contribution in [1.82, 2.24) is 15.1 Å². The van der Waals surface area contributed by atoms with E-state index in [0.29, 0.717) is 44.1 Å². The fourth-order valence-corrected chi connectivity index (χ4v) is 3.69. The molecule has 1 aliphatic rings. The second-order valence-electron chi connectivity index (χ2n) is 7.62. The van der Waals surface area contributed by atoms with E-state index in [2.05, 4.69) is 22.3 Å². The highest BCUT2D eigenvalue weighted by Gasteiger charge is 2.22. The van der Waals surface area contributed by atoms with Crippen LogP contribution in [0, 0.1) is 0 Å². The number of hydrogen-bond donors (Lipinski definition) is 0. The maximum absolute atomic E-state index is 13.0. The van der Waals surface area contributed by atoms with Gasteiger partial charge in [0.2, 0.25) is 17.7 Å². The molecule has 1 amide bonds. The Balaban J connectivity index is 1.32. The Kier molecular flexibility index (Phi) is 6.87. The Labute approximate surface area is 176 Å². The zero-order chi connectivity index (χ0) is 20.6. The number of hydrogen-bond acceptors (Lipinski definition) is 5. The molecule has 0 spiro atoms. The predicted octanol–water partition coefficient (Wildman–Crippen LogP) is 4.27. The van der Waals surface area contributed by atoms with E-state index in [-0.39, 0.29) is 12.0 Å². The Morgan fingerprint density at radius 3 is 2.53 bits per heavy atom. The molecule has 1 aliphatic heterocycles. The van der Waals surface area contributed by atoms with E-state index in [9.17, 15) is 4.79 Å². The van der Waals surface area contributed by atoms with Crippen molar-refractivity contribution >= 4 is 5.91 Å². The third kappa shape index (κ3) is 5.54. The molecule has 6 heteroatoms. The number of nitrogens with zero attached hydrogens (tertiary/aromatic N) is 3. The first-order chi connectivity index (χ1) is 14.8. The Morgan fingerprint density at radius 2 is 1.80 bits per heavy atom. The van der Waals surface area contributed by atoms with Crippen molar-refractivity contribution in [2.75, 3.05) is 13.2 Å². The first-order valence-electron chi connectivity index (χ1n) is 10.6. The van der Waals surface area contributed by atoms with Crippen molar-refractivity contribution in [1.29, 1.82) is 0 Å². The first-order valence-corrected chi connectivity index (χ1v) is 10.6. The summed E-state index contributed by atoms with van der Waals surface area (Å²) < 4.78 is 11.5. The molecule has 1 atom stereocenters. The number of benzene rings is 2. The summed E-state index contributed by atoms with van der Waals surface area (Å²) in [5.74, 6) is 1.22. The highest BCUT2D eigenvalue weighted by molar-refractivity contribution is 5.76. The maximum Gasteiger partial charge on any atom is 0.247 e. The van der Waals surface area contributed by atoms with Gasteiger partial charge in [0.05, 0.1) is 6.10 Å². The minimum atomic E-state index is 0.136. The zero-order valence-electron chi connectivity index (χ0n) is 17.1. The summed E-state index contributed by atoms with van der Waals surface area (Å²) in [4.78, 5) is 14.9. The molecular weight excluding hydrogens is 378 g/mol. The molecule has 1 saturated heterocycles. The molecule has 2 heterocycles. The number of carbonyl (C=O) groups excluding carboxylic acids is 1. The van der Waals surface area contributed by atoms with Gasteiger partial charge in [0, 0.05) is 38.1 Å². The van der Waals surface area contributed by atoms with Gasteiger partial charge in [-0.3, -0.25) is 4.79 Å². The quantitative estimate of drug-likeness (QED) is 0.532. The molecule has 2 aromatic carbocycles. The Hall–Kier alpha value is -2.99. The van der Waals surface area contributed by atoms with Gasteiger partial charge in [0.25, 0.3) is 0 Å². The van der Waals surface area contributed by atoms with Gasteiger partial charge < -0.3 is 14.1 Å². The molecule has 156 valence electrons. The van der Waals surface area contributed by atoms with E-state index in [1.165, 1.54) is 0 Å². The van der Waals surface area contributed by atoms with Gasteiger partial charge in [-0.1, -0.05) is 48.5 Å². The van der Waals surface area contributed by atoms with Crippen LogP contribution in [0.2, 0.25) is 0 Å². The average Bonchev–Trinajstić information content (AvgIpc) is 3.47. The molecule has 0 radical (unpaired) electrons. The van der Waals surface area contributed by atoms with Crippen LogP contribution in [0.4, 0.5) is 0 Å². The molecule has 1 fully saturated rings. The van der Waals surface area contributed by atoms with Crippen LogP contribution in [0.1, 0.15) is 37.1 Å². The second kappa shape index (κ2) is 10.2. The van der Waals surface area contributed by atoms with Gasteiger partial charge >= 0.3 is 0 Å². The Morgan fingerprint density at radius 1 is 1.03 bits per heavy atom. The van der Waals surface area contributed by atoms with Crippen molar-refractivity contribution in [2.45, 2.75) is 44.8 Å². The molecule has 0 aliphatic carbocycles. The maximum atomic E-state index is 13.0. The summed E-state index contributed by atoms with van der Waals surface area (Å²) in [5, 5.41) is 8.24. The van der Waals surface area contributed by atoms with E-state index in [1.807, 2.05) is 53.4 Å². The standard InChI is InChI=1S/C24H27N3O3/c28-23(15-7-14-22-25-26-24(30-22)20-11-5-2-6-12-20)27(18-21-13-8-16-29-21)17-19-9-3-1-4-10-19/h1-6,9-12,21H,7-8,13-18H2/t21-/m0/s1. The van der Waals surface area contributed by atoms with Gasteiger partial charge in [-0.25, -0.2) is 0 Å². The summed E-state index contributed by atoms with van der Waals surface area (Å²) in [6, 6.07) is 19.8. The van der Waals surface area contributed by atoms with E-state index >= 15 is 0 Å². The monoisotopic (exact) mass is 405 g/mol. The summed E-state index contributed by atoms with van der Waals surface area (Å²) >= 11 is 0. The van der Waals surface area contributed by atoms with Crippen LogP contribution < -0.4 is 0 Å². The summed E-state index contributed by atoms with van der Waals surface area (Å²) in [5.41, 5.74) is 2.03. The van der Waals surface area contributed by atoms with E-state index in [4.69, 9.17) is 9.15 Å². The zero-order valence-corrected chi connectivity index (χ0v) is 17.1. The van der Waals surface area contributed by atoms with E-state index in [1.54, 1.807) is 0 Å². The lowest BCUT2D eigenvalue weighted by atomic mass is 10.1. The number of amides is 1. The molecule has 30 heavy (non-hydrogen) atoms. The summed E-state index contributed by atoms with van der Waals surface area (Å²) in [6.45, 7) is 2.05. The lowest BCUT2D eigenvalue weighted by molar-refractivity contribution is -0.133. The molecule has 0 saturated carbocycles. The number of aryl methyl sites for hydroxylation is 1. The SMILES string of the molecule is O=C(CCCc1nnc(-c2ccccc2)o1)N(Cc1ccccc1)C[C@@H]1CCCO1. The van der Waals surface area contributed by atoms with Crippen molar-refractivity contribution < 1.29 is 13.9 Å². The van der Waals surface area contributed by atoms with E-state index < -0.39 is 0 Å². The van der Waals surface area contributed by atoms with Crippen molar-refractivity contribution in [3.05, 3.63) is 72.1 Å². The highest BCUT2D eigenvalue weighted by atomic mass is 16.5. The summed E-state index contributed by atoms with van der Waals surface area (Å²) in [6.07, 6.45) is 3.93. The van der Waals surface area contributed by atoms with Crippen molar-refractivity contribution in [3.8, 4) is 11.5 Å². The number of rotatable bonds is 9. The number of aromatic nitrogens is 2. The molecule has 0 bridgehead atoms. The normalized spacial score (nSPS) is 15.9. The fraction of sp³-hybridized carbons (Fsp3) is 0.375. The molecular formula is C24H27N3O3. The highest BCUT2D eigenvalue weighted by Crippen LogP contribution is 2.19. The molecule has 6 nitrogen and oxygen atoms in total. The van der Waals surface area contributed by atoms with E-state index in [0.717, 1.165) is 30.6 Å². The predicted molar refractivity (Wildman–Crippen MR) is 114 cm³/mol.